The highest BCUT2D eigenvalue weighted by atomic mass is 32.1. The van der Waals surface area contributed by atoms with Crippen LogP contribution in [0.4, 0.5) is 0 Å². The quantitative estimate of drug-likeness (QED) is 0.627. The van der Waals surface area contributed by atoms with Gasteiger partial charge in [-0.2, -0.15) is 0 Å². The van der Waals surface area contributed by atoms with E-state index in [2.05, 4.69) is 9.72 Å². The van der Waals surface area contributed by atoms with Crippen molar-refractivity contribution in [3.05, 3.63) is 16.1 Å². The fourth-order valence-electron chi connectivity index (χ4n) is 0.680. The minimum atomic E-state index is -0.237. The number of esters is 1. The average Bonchev–Trinajstić information content (AvgIpc) is 2.35. The summed E-state index contributed by atoms with van der Waals surface area (Å²) in [6, 6.07) is 0. The van der Waals surface area contributed by atoms with Crippen LogP contribution in [0.2, 0.25) is 0 Å². The number of rotatable bonds is 2. The largest absolute Gasteiger partial charge is 0.469 e. The Morgan fingerprint density at radius 2 is 2.55 bits per heavy atom. The molecule has 0 aliphatic carbocycles. The second-order valence-corrected chi connectivity index (χ2v) is 3.08. The van der Waals surface area contributed by atoms with Crippen molar-refractivity contribution < 1.29 is 9.53 Å². The molecule has 60 valence electrons. The lowest BCUT2D eigenvalue weighted by Gasteiger charge is -1.92. The Balaban J connectivity index is 2.57. The van der Waals surface area contributed by atoms with Crippen LogP contribution in [0.3, 0.4) is 0 Å². The third-order valence-electron chi connectivity index (χ3n) is 1.19. The molecular weight excluding hydrogens is 162 g/mol. The number of aromatic nitrogens is 1. The minimum absolute atomic E-state index is 0.237. The number of carbonyl (C=O) groups is 1. The summed E-state index contributed by atoms with van der Waals surface area (Å²) in [6.07, 6.45) is 0.287. The minimum Gasteiger partial charge on any atom is -0.469 e. The summed E-state index contributed by atoms with van der Waals surface area (Å²) in [5, 5.41) is 2.73. The zero-order valence-corrected chi connectivity index (χ0v) is 7.27. The second kappa shape index (κ2) is 3.48. The zero-order chi connectivity index (χ0) is 8.27. The fraction of sp³-hybridized carbons (Fsp3) is 0.429. The van der Waals surface area contributed by atoms with Crippen LogP contribution >= 0.6 is 11.3 Å². The van der Waals surface area contributed by atoms with Crippen LogP contribution in [0.15, 0.2) is 5.38 Å². The van der Waals surface area contributed by atoms with E-state index in [4.69, 9.17) is 0 Å². The summed E-state index contributed by atoms with van der Waals surface area (Å²) < 4.78 is 4.49. The molecule has 0 N–H and O–H groups in total. The van der Waals surface area contributed by atoms with Crippen molar-refractivity contribution in [3.63, 3.8) is 0 Å². The Morgan fingerprint density at radius 3 is 3.00 bits per heavy atom. The van der Waals surface area contributed by atoms with Gasteiger partial charge in [0.25, 0.3) is 0 Å². The first kappa shape index (κ1) is 8.20. The molecule has 1 aromatic heterocycles. The smallest absolute Gasteiger partial charge is 0.312 e. The maximum absolute atomic E-state index is 10.7. The van der Waals surface area contributed by atoms with Crippen LogP contribution in [-0.4, -0.2) is 18.1 Å². The van der Waals surface area contributed by atoms with E-state index in [-0.39, 0.29) is 12.4 Å². The first-order valence-corrected chi connectivity index (χ1v) is 4.08. The van der Waals surface area contributed by atoms with Crippen LogP contribution in [0, 0.1) is 6.92 Å². The normalized spacial score (nSPS) is 9.64. The lowest BCUT2D eigenvalue weighted by molar-refractivity contribution is -0.139. The third-order valence-corrected chi connectivity index (χ3v) is 2.16. The summed E-state index contributed by atoms with van der Waals surface area (Å²) >= 11 is 1.48. The monoisotopic (exact) mass is 171 g/mol. The summed E-state index contributed by atoms with van der Waals surface area (Å²) in [6.45, 7) is 1.90. The zero-order valence-electron chi connectivity index (χ0n) is 6.46. The number of hydrogen-bond acceptors (Lipinski definition) is 4. The molecule has 0 aliphatic rings. The number of carbonyl (C=O) groups excluding carboxylic acids is 1. The lowest BCUT2D eigenvalue weighted by atomic mass is 10.4. The van der Waals surface area contributed by atoms with Gasteiger partial charge in [0.2, 0.25) is 0 Å². The number of thiazole rings is 1. The van der Waals surface area contributed by atoms with Gasteiger partial charge >= 0.3 is 5.97 Å². The van der Waals surface area contributed by atoms with E-state index in [1.165, 1.54) is 18.4 Å². The van der Waals surface area contributed by atoms with E-state index in [0.29, 0.717) is 0 Å². The molecule has 0 unspecified atom stereocenters. The molecule has 0 saturated heterocycles. The Labute approximate surface area is 69.0 Å². The molecule has 0 bridgehead atoms. The predicted molar refractivity (Wildman–Crippen MR) is 42.6 cm³/mol. The molecule has 3 nitrogen and oxygen atoms in total. The molecule has 0 radical (unpaired) electrons. The van der Waals surface area contributed by atoms with Crippen molar-refractivity contribution in [2.75, 3.05) is 7.11 Å². The molecule has 1 heterocycles. The van der Waals surface area contributed by atoms with Gasteiger partial charge in [-0.3, -0.25) is 4.79 Å². The predicted octanol–water partition coefficient (Wildman–Crippen LogP) is 1.17. The molecule has 0 saturated carbocycles. The van der Waals surface area contributed by atoms with Crippen LogP contribution in [0.25, 0.3) is 0 Å². The molecule has 1 rings (SSSR count). The highest BCUT2D eigenvalue weighted by Crippen LogP contribution is 2.09. The van der Waals surface area contributed by atoms with E-state index in [0.717, 1.165) is 10.7 Å². The van der Waals surface area contributed by atoms with Crippen LogP contribution in [0.5, 0.6) is 0 Å². The SMILES string of the molecule is COC(=O)Cc1nc(C)cs1. The number of nitrogens with zero attached hydrogens (tertiary/aromatic N) is 1. The van der Waals surface area contributed by atoms with Crippen molar-refractivity contribution in [2.24, 2.45) is 0 Å². The van der Waals surface area contributed by atoms with E-state index in [1.54, 1.807) is 0 Å². The highest BCUT2D eigenvalue weighted by Gasteiger charge is 2.05. The van der Waals surface area contributed by atoms with Crippen LogP contribution in [-0.2, 0) is 16.0 Å². The number of hydrogen-bond donors (Lipinski definition) is 0. The molecule has 11 heavy (non-hydrogen) atoms. The van der Waals surface area contributed by atoms with Crippen molar-refractivity contribution in [1.82, 2.24) is 4.98 Å². The van der Waals surface area contributed by atoms with Gasteiger partial charge in [0.05, 0.1) is 13.5 Å². The van der Waals surface area contributed by atoms with Gasteiger partial charge in [0, 0.05) is 11.1 Å². The maximum Gasteiger partial charge on any atom is 0.312 e. The van der Waals surface area contributed by atoms with Crippen molar-refractivity contribution in [3.8, 4) is 0 Å². The second-order valence-electron chi connectivity index (χ2n) is 2.14. The van der Waals surface area contributed by atoms with Crippen molar-refractivity contribution in [1.29, 1.82) is 0 Å². The van der Waals surface area contributed by atoms with Crippen molar-refractivity contribution >= 4 is 17.3 Å². The third kappa shape index (κ3) is 2.31. The topological polar surface area (TPSA) is 39.2 Å². The van der Waals surface area contributed by atoms with Gasteiger partial charge in [0.15, 0.2) is 0 Å². The van der Waals surface area contributed by atoms with E-state index in [1.807, 2.05) is 12.3 Å². The standard InChI is InChI=1S/C7H9NO2S/c1-5-4-11-6(8-5)3-7(9)10-2/h4H,3H2,1-2H3. The van der Waals surface area contributed by atoms with Crippen LogP contribution < -0.4 is 0 Å². The molecule has 0 atom stereocenters. The molecule has 0 spiro atoms. The molecule has 0 fully saturated rings. The summed E-state index contributed by atoms with van der Waals surface area (Å²) in [7, 11) is 1.38. The van der Waals surface area contributed by atoms with Gasteiger partial charge in [-0.15, -0.1) is 11.3 Å². The fourth-order valence-corrected chi connectivity index (χ4v) is 1.44. The summed E-state index contributed by atoms with van der Waals surface area (Å²) in [5.74, 6) is -0.237. The maximum atomic E-state index is 10.7. The molecule has 0 amide bonds. The number of aryl methyl sites for hydroxylation is 1. The molecule has 4 heteroatoms. The van der Waals surface area contributed by atoms with Gasteiger partial charge in [0.1, 0.15) is 5.01 Å². The van der Waals surface area contributed by atoms with Crippen molar-refractivity contribution in [2.45, 2.75) is 13.3 Å². The molecule has 0 aliphatic heterocycles. The average molecular weight is 171 g/mol. The van der Waals surface area contributed by atoms with Gasteiger partial charge in [-0.25, -0.2) is 4.98 Å². The van der Waals surface area contributed by atoms with E-state index in [9.17, 15) is 4.79 Å². The Morgan fingerprint density at radius 1 is 1.82 bits per heavy atom. The van der Waals surface area contributed by atoms with Gasteiger partial charge in [-0.05, 0) is 6.92 Å². The first-order valence-electron chi connectivity index (χ1n) is 3.20. The van der Waals surface area contributed by atoms with Gasteiger partial charge in [-0.1, -0.05) is 0 Å². The van der Waals surface area contributed by atoms with Crippen LogP contribution in [0.1, 0.15) is 10.7 Å². The molecule has 1 aromatic rings. The van der Waals surface area contributed by atoms with Gasteiger partial charge < -0.3 is 4.74 Å². The first-order chi connectivity index (χ1) is 5.22. The summed E-state index contributed by atoms with van der Waals surface area (Å²) in [4.78, 5) is 14.9. The lowest BCUT2D eigenvalue weighted by Crippen LogP contribution is -2.03. The molecular formula is C7H9NO2S. The Kier molecular flexibility index (Phi) is 2.59. The Hall–Kier alpha value is -0.900. The number of ether oxygens (including phenoxy) is 1. The highest BCUT2D eigenvalue weighted by molar-refractivity contribution is 7.09. The number of methoxy groups -OCH3 is 1. The molecule has 0 aromatic carbocycles. The summed E-state index contributed by atoms with van der Waals surface area (Å²) in [5.41, 5.74) is 0.953. The Bertz CT molecular complexity index is 257. The van der Waals surface area contributed by atoms with E-state index >= 15 is 0 Å². The van der Waals surface area contributed by atoms with E-state index < -0.39 is 0 Å².